The van der Waals surface area contributed by atoms with Gasteiger partial charge >= 0.3 is 0 Å². The first-order valence-electron chi connectivity index (χ1n) is 11.5. The summed E-state index contributed by atoms with van der Waals surface area (Å²) in [5.41, 5.74) is 1.85. The van der Waals surface area contributed by atoms with Crippen molar-refractivity contribution >= 4 is 33.6 Å². The zero-order valence-corrected chi connectivity index (χ0v) is 19.1. The molecular weight excluding hydrogens is 435 g/mol. The second kappa shape index (κ2) is 9.69. The number of benzene rings is 2. The van der Waals surface area contributed by atoms with E-state index in [2.05, 4.69) is 20.1 Å². The molecule has 1 fully saturated rings. The van der Waals surface area contributed by atoms with Gasteiger partial charge in [-0.1, -0.05) is 12.1 Å². The third kappa shape index (κ3) is 4.68. The first kappa shape index (κ1) is 22.2. The fourth-order valence-corrected chi connectivity index (χ4v) is 4.36. The monoisotopic (exact) mass is 462 g/mol. The molecule has 1 amide bonds. The molecule has 0 spiro atoms. The lowest BCUT2D eigenvalue weighted by atomic mass is 10.2. The number of pyridine rings is 1. The van der Waals surface area contributed by atoms with E-state index >= 15 is 0 Å². The number of carbonyl (C=O) groups is 1. The number of rotatable bonds is 7. The average Bonchev–Trinajstić information content (AvgIpc) is 3.28. The predicted octanol–water partition coefficient (Wildman–Crippen LogP) is 4.07. The Morgan fingerprint density at radius 2 is 1.91 bits per heavy atom. The van der Waals surface area contributed by atoms with E-state index in [1.807, 2.05) is 36.4 Å². The van der Waals surface area contributed by atoms with Crippen molar-refractivity contribution in [3.63, 3.8) is 0 Å². The summed E-state index contributed by atoms with van der Waals surface area (Å²) < 4.78 is 25.0. The van der Waals surface area contributed by atoms with Crippen LogP contribution < -0.4 is 15.0 Å². The quantitative estimate of drug-likeness (QED) is 0.418. The summed E-state index contributed by atoms with van der Waals surface area (Å²) in [5, 5.41) is 4.68. The summed E-state index contributed by atoms with van der Waals surface area (Å²) in [4.78, 5) is 21.5. The number of hydrogen-bond acceptors (Lipinski definition) is 6. The van der Waals surface area contributed by atoms with Gasteiger partial charge in [0, 0.05) is 49.6 Å². The van der Waals surface area contributed by atoms with Crippen LogP contribution in [0.4, 0.5) is 10.1 Å². The van der Waals surface area contributed by atoms with Crippen molar-refractivity contribution in [1.29, 1.82) is 0 Å². The summed E-state index contributed by atoms with van der Waals surface area (Å²) in [7, 11) is 1.61. The lowest BCUT2D eigenvalue weighted by Gasteiger charge is -2.36. The van der Waals surface area contributed by atoms with E-state index in [9.17, 15) is 9.18 Å². The fraction of sp³-hybridized carbons (Fsp3) is 0.308. The number of carbonyl (C=O) groups excluding carboxylic acids is 1. The highest BCUT2D eigenvalue weighted by Gasteiger charge is 2.19. The number of ether oxygens (including phenoxy) is 1. The van der Waals surface area contributed by atoms with Crippen LogP contribution in [-0.4, -0.2) is 62.2 Å². The molecule has 5 rings (SSSR count). The van der Waals surface area contributed by atoms with Crippen LogP contribution in [0.5, 0.6) is 5.75 Å². The maximum atomic E-state index is 14.0. The second-order valence-corrected chi connectivity index (χ2v) is 8.44. The Kier molecular flexibility index (Phi) is 6.31. The van der Waals surface area contributed by atoms with E-state index in [1.54, 1.807) is 19.2 Å². The summed E-state index contributed by atoms with van der Waals surface area (Å²) in [6.07, 6.45) is 0.827. The number of nitrogens with zero attached hydrogens (tertiary/aromatic N) is 3. The van der Waals surface area contributed by atoms with E-state index < -0.39 is 0 Å². The highest BCUT2D eigenvalue weighted by Crippen LogP contribution is 2.25. The third-order valence-electron chi connectivity index (χ3n) is 6.24. The molecular formula is C26H27FN4O3. The number of para-hydroxylation sites is 1. The summed E-state index contributed by atoms with van der Waals surface area (Å²) in [6.45, 7) is 4.75. The van der Waals surface area contributed by atoms with Crippen molar-refractivity contribution in [2.24, 2.45) is 0 Å². The molecule has 1 saturated heterocycles. The number of fused-ring (bicyclic) bond motifs is 2. The number of piperazine rings is 1. The first-order chi connectivity index (χ1) is 16.6. The Balaban J connectivity index is 1.11. The molecule has 2 aromatic carbocycles. The minimum Gasteiger partial charge on any atom is -0.497 e. The maximum Gasteiger partial charge on any atom is 0.287 e. The minimum absolute atomic E-state index is 0.174. The smallest absolute Gasteiger partial charge is 0.287 e. The van der Waals surface area contributed by atoms with Gasteiger partial charge < -0.3 is 19.4 Å². The standard InChI is InChI=1S/C26H27FN4O3/c1-33-20-8-7-18-15-19-16-24(34-26(19)29-22(18)17-20)25(32)28-9-4-10-30-11-13-31(14-12-30)23-6-3-2-5-21(23)27/h2-3,5-8,15-17H,4,9-14H2,1H3,(H,28,32). The molecule has 0 bridgehead atoms. The lowest BCUT2D eigenvalue weighted by Crippen LogP contribution is -2.47. The largest absolute Gasteiger partial charge is 0.497 e. The molecule has 34 heavy (non-hydrogen) atoms. The molecule has 7 nitrogen and oxygen atoms in total. The lowest BCUT2D eigenvalue weighted by molar-refractivity contribution is 0.0925. The number of amides is 1. The van der Waals surface area contributed by atoms with Gasteiger partial charge in [-0.2, -0.15) is 0 Å². The normalized spacial score (nSPS) is 14.6. The van der Waals surface area contributed by atoms with Crippen LogP contribution in [0.25, 0.3) is 22.0 Å². The molecule has 4 aromatic rings. The SMILES string of the molecule is COc1ccc2cc3cc(C(=O)NCCCN4CCN(c5ccccc5F)CC4)oc3nc2c1. The first-order valence-corrected chi connectivity index (χ1v) is 11.5. The molecule has 0 unspecified atom stereocenters. The van der Waals surface area contributed by atoms with Crippen molar-refractivity contribution in [1.82, 2.24) is 15.2 Å². The molecule has 0 radical (unpaired) electrons. The molecule has 2 aromatic heterocycles. The van der Waals surface area contributed by atoms with Gasteiger partial charge in [0.05, 0.1) is 18.3 Å². The Morgan fingerprint density at radius 1 is 1.09 bits per heavy atom. The zero-order chi connectivity index (χ0) is 23.5. The number of aromatic nitrogens is 1. The minimum atomic E-state index is -0.246. The molecule has 0 saturated carbocycles. The maximum absolute atomic E-state index is 14.0. The summed E-state index contributed by atoms with van der Waals surface area (Å²) >= 11 is 0. The Hall–Kier alpha value is -3.65. The van der Waals surface area contributed by atoms with Gasteiger partial charge in [0.2, 0.25) is 5.71 Å². The predicted molar refractivity (Wildman–Crippen MR) is 130 cm³/mol. The number of halogens is 1. The number of hydrogen-bond donors (Lipinski definition) is 1. The van der Waals surface area contributed by atoms with Gasteiger partial charge in [0.25, 0.3) is 5.91 Å². The van der Waals surface area contributed by atoms with Crippen molar-refractivity contribution in [3.8, 4) is 5.75 Å². The number of anilines is 1. The molecule has 0 atom stereocenters. The van der Waals surface area contributed by atoms with Gasteiger partial charge in [-0.15, -0.1) is 0 Å². The molecule has 3 heterocycles. The van der Waals surface area contributed by atoms with Crippen molar-refractivity contribution in [2.45, 2.75) is 6.42 Å². The van der Waals surface area contributed by atoms with Gasteiger partial charge in [0.15, 0.2) is 5.76 Å². The average molecular weight is 463 g/mol. The van der Waals surface area contributed by atoms with E-state index in [-0.39, 0.29) is 17.5 Å². The van der Waals surface area contributed by atoms with Crippen molar-refractivity contribution < 1.29 is 18.3 Å². The number of nitrogens with one attached hydrogen (secondary N) is 1. The Labute approximate surface area is 197 Å². The van der Waals surface area contributed by atoms with E-state index in [0.29, 0.717) is 17.9 Å². The van der Waals surface area contributed by atoms with Crippen LogP contribution in [0.2, 0.25) is 0 Å². The highest BCUT2D eigenvalue weighted by atomic mass is 19.1. The Bertz CT molecular complexity index is 1310. The van der Waals surface area contributed by atoms with Crippen molar-refractivity contribution in [2.75, 3.05) is 51.3 Å². The molecule has 0 aliphatic carbocycles. The molecule has 1 aliphatic heterocycles. The third-order valence-corrected chi connectivity index (χ3v) is 6.24. The van der Waals surface area contributed by atoms with Crippen LogP contribution in [0.1, 0.15) is 17.0 Å². The highest BCUT2D eigenvalue weighted by molar-refractivity contribution is 5.98. The van der Waals surface area contributed by atoms with Crippen LogP contribution >= 0.6 is 0 Å². The van der Waals surface area contributed by atoms with E-state index in [0.717, 1.165) is 61.2 Å². The van der Waals surface area contributed by atoms with Crippen molar-refractivity contribution in [3.05, 3.63) is 66.2 Å². The second-order valence-electron chi connectivity index (χ2n) is 8.44. The van der Waals surface area contributed by atoms with Gasteiger partial charge in [-0.05, 0) is 49.4 Å². The molecule has 1 aliphatic rings. The zero-order valence-electron chi connectivity index (χ0n) is 19.1. The van der Waals surface area contributed by atoms with E-state index in [4.69, 9.17) is 9.15 Å². The number of methoxy groups -OCH3 is 1. The summed E-state index contributed by atoms with van der Waals surface area (Å²) in [6, 6.07) is 16.2. The van der Waals surface area contributed by atoms with Crippen LogP contribution in [0.3, 0.4) is 0 Å². The van der Waals surface area contributed by atoms with Gasteiger partial charge in [-0.25, -0.2) is 9.37 Å². The fourth-order valence-electron chi connectivity index (χ4n) is 4.36. The number of furan rings is 1. The summed E-state index contributed by atoms with van der Waals surface area (Å²) in [5.74, 6) is 0.553. The van der Waals surface area contributed by atoms with E-state index in [1.165, 1.54) is 6.07 Å². The molecule has 1 N–H and O–H groups in total. The van der Waals surface area contributed by atoms with Gasteiger partial charge in [-0.3, -0.25) is 9.69 Å². The Morgan fingerprint density at radius 3 is 2.71 bits per heavy atom. The van der Waals surface area contributed by atoms with Crippen LogP contribution in [0, 0.1) is 5.82 Å². The van der Waals surface area contributed by atoms with Gasteiger partial charge in [0.1, 0.15) is 11.6 Å². The van der Waals surface area contributed by atoms with Crippen LogP contribution in [-0.2, 0) is 0 Å². The topological polar surface area (TPSA) is 70.8 Å². The molecule has 8 heteroatoms. The molecule has 176 valence electrons. The van der Waals surface area contributed by atoms with Crippen LogP contribution in [0.15, 0.2) is 59.0 Å².